The van der Waals surface area contributed by atoms with Crippen molar-refractivity contribution in [3.63, 3.8) is 0 Å². The molecule has 184 valence electrons. The monoisotopic (exact) mass is 508 g/mol. The Morgan fingerprint density at radius 2 is 1.39 bits per heavy atom. The third kappa shape index (κ3) is 4.82. The van der Waals surface area contributed by atoms with Crippen molar-refractivity contribution in [1.82, 2.24) is 0 Å². The van der Waals surface area contributed by atoms with Gasteiger partial charge in [0.15, 0.2) is 0 Å². The van der Waals surface area contributed by atoms with E-state index >= 15 is 0 Å². The van der Waals surface area contributed by atoms with Crippen LogP contribution in [0.2, 0.25) is 0 Å². The first-order valence-electron chi connectivity index (χ1n) is 10.6. The number of nitrogens with zero attached hydrogens (tertiary/aromatic N) is 1. The Hall–Kier alpha value is -4.50. The van der Waals surface area contributed by atoms with E-state index in [9.17, 15) is 14.4 Å². The van der Waals surface area contributed by atoms with Gasteiger partial charge in [-0.05, 0) is 60.7 Å². The summed E-state index contributed by atoms with van der Waals surface area (Å²) in [5.41, 5.74) is 0.802. The Morgan fingerprint density at radius 1 is 0.778 bits per heavy atom. The first-order chi connectivity index (χ1) is 17.4. The average Bonchev–Trinajstić information content (AvgIpc) is 3.11. The molecule has 2 amide bonds. The van der Waals surface area contributed by atoms with Crippen molar-refractivity contribution in [2.24, 2.45) is 0 Å². The molecule has 1 aliphatic heterocycles. The standard InChI is InChI=1S/C26H21ClN2O7/c1-33-17-8-10-18(11-9-17)36-26(32)15-4-6-16(7-5-15)28-23-22(27)24(30)29(25(23)31)20-14-19(34-2)12-13-21(20)35-3/h4-14,28H,1-3H3. The molecule has 0 radical (unpaired) electrons. The normalized spacial score (nSPS) is 13.1. The van der Waals surface area contributed by atoms with E-state index in [1.807, 2.05) is 0 Å². The summed E-state index contributed by atoms with van der Waals surface area (Å²) >= 11 is 6.23. The molecule has 4 rings (SSSR count). The fraction of sp³-hybridized carbons (Fsp3) is 0.115. The quantitative estimate of drug-likeness (QED) is 0.272. The second-order valence-electron chi connectivity index (χ2n) is 7.44. The fourth-order valence-corrected chi connectivity index (χ4v) is 3.66. The Labute approximate surface area is 211 Å². The third-order valence-electron chi connectivity index (χ3n) is 5.31. The number of anilines is 2. The number of benzene rings is 3. The van der Waals surface area contributed by atoms with Crippen molar-refractivity contribution in [2.75, 3.05) is 31.5 Å². The van der Waals surface area contributed by atoms with Crippen LogP contribution < -0.4 is 29.2 Å². The first kappa shape index (κ1) is 24.6. The summed E-state index contributed by atoms with van der Waals surface area (Å²) in [4.78, 5) is 39.4. The highest BCUT2D eigenvalue weighted by molar-refractivity contribution is 6.53. The number of hydrogen-bond donors (Lipinski definition) is 1. The summed E-state index contributed by atoms with van der Waals surface area (Å²) in [7, 11) is 4.43. The van der Waals surface area contributed by atoms with E-state index in [1.165, 1.54) is 32.4 Å². The number of imide groups is 1. The van der Waals surface area contributed by atoms with Crippen LogP contribution in [0, 0.1) is 0 Å². The maximum absolute atomic E-state index is 13.1. The van der Waals surface area contributed by atoms with Gasteiger partial charge in [0, 0.05) is 11.8 Å². The maximum Gasteiger partial charge on any atom is 0.343 e. The fourth-order valence-electron chi connectivity index (χ4n) is 3.45. The van der Waals surface area contributed by atoms with Gasteiger partial charge in [0.25, 0.3) is 11.8 Å². The highest BCUT2D eigenvalue weighted by Crippen LogP contribution is 2.38. The second-order valence-corrected chi connectivity index (χ2v) is 7.82. The van der Waals surface area contributed by atoms with Gasteiger partial charge in [-0.25, -0.2) is 9.69 Å². The van der Waals surface area contributed by atoms with Gasteiger partial charge in [0.1, 0.15) is 33.7 Å². The zero-order valence-corrected chi connectivity index (χ0v) is 20.3. The number of esters is 1. The number of carbonyl (C=O) groups is 3. The summed E-state index contributed by atoms with van der Waals surface area (Å²) in [6.07, 6.45) is 0. The summed E-state index contributed by atoms with van der Waals surface area (Å²) in [5.74, 6) is -0.212. The Kier molecular flexibility index (Phi) is 7.12. The molecular formula is C26H21ClN2O7. The number of methoxy groups -OCH3 is 3. The second kappa shape index (κ2) is 10.4. The minimum Gasteiger partial charge on any atom is -0.497 e. The van der Waals surface area contributed by atoms with E-state index in [4.69, 9.17) is 30.5 Å². The molecule has 0 bridgehead atoms. The highest BCUT2D eigenvalue weighted by Gasteiger charge is 2.40. The molecule has 0 aliphatic carbocycles. The zero-order chi connectivity index (χ0) is 25.8. The average molecular weight is 509 g/mol. The van der Waals surface area contributed by atoms with Crippen LogP contribution in [-0.4, -0.2) is 39.1 Å². The summed E-state index contributed by atoms with van der Waals surface area (Å²) in [6.45, 7) is 0. The van der Waals surface area contributed by atoms with E-state index < -0.39 is 17.8 Å². The van der Waals surface area contributed by atoms with Crippen molar-refractivity contribution in [2.45, 2.75) is 0 Å². The summed E-state index contributed by atoms with van der Waals surface area (Å²) in [5, 5.41) is 2.58. The number of nitrogens with one attached hydrogen (secondary N) is 1. The van der Waals surface area contributed by atoms with Crippen molar-refractivity contribution >= 4 is 40.8 Å². The van der Waals surface area contributed by atoms with Gasteiger partial charge in [-0.15, -0.1) is 0 Å². The largest absolute Gasteiger partial charge is 0.497 e. The van der Waals surface area contributed by atoms with Crippen molar-refractivity contribution in [3.05, 3.63) is 83.0 Å². The van der Waals surface area contributed by atoms with Crippen molar-refractivity contribution in [1.29, 1.82) is 0 Å². The first-order valence-corrected chi connectivity index (χ1v) is 11.0. The van der Waals surface area contributed by atoms with E-state index in [0.717, 1.165) is 4.90 Å². The lowest BCUT2D eigenvalue weighted by molar-refractivity contribution is -0.120. The lowest BCUT2D eigenvalue weighted by atomic mass is 10.2. The Morgan fingerprint density at radius 3 is 2.00 bits per heavy atom. The van der Waals surface area contributed by atoms with Crippen molar-refractivity contribution < 1.29 is 33.3 Å². The van der Waals surface area contributed by atoms with Crippen LogP contribution in [-0.2, 0) is 9.59 Å². The van der Waals surface area contributed by atoms with Gasteiger partial charge >= 0.3 is 5.97 Å². The maximum atomic E-state index is 13.1. The van der Waals surface area contributed by atoms with Gasteiger partial charge in [-0.3, -0.25) is 9.59 Å². The molecule has 0 saturated heterocycles. The van der Waals surface area contributed by atoms with E-state index in [2.05, 4.69) is 5.32 Å². The minimum absolute atomic E-state index is 0.111. The highest BCUT2D eigenvalue weighted by atomic mass is 35.5. The molecule has 0 aromatic heterocycles. The third-order valence-corrected chi connectivity index (χ3v) is 5.66. The molecule has 0 unspecified atom stereocenters. The van der Waals surface area contributed by atoms with Crippen LogP contribution in [0.25, 0.3) is 0 Å². The minimum atomic E-state index is -0.713. The van der Waals surface area contributed by atoms with E-state index in [1.54, 1.807) is 55.6 Å². The molecule has 1 heterocycles. The van der Waals surface area contributed by atoms with Gasteiger partial charge < -0.3 is 24.3 Å². The molecule has 10 heteroatoms. The number of halogens is 1. The summed E-state index contributed by atoms with van der Waals surface area (Å²) in [6, 6.07) is 17.5. The molecule has 36 heavy (non-hydrogen) atoms. The number of hydrogen-bond acceptors (Lipinski definition) is 8. The van der Waals surface area contributed by atoms with Crippen molar-refractivity contribution in [3.8, 4) is 23.0 Å². The SMILES string of the molecule is COc1ccc(OC(=O)c2ccc(NC3=C(Cl)C(=O)N(c4cc(OC)ccc4OC)C3=O)cc2)cc1. The van der Waals surface area contributed by atoms with E-state index in [-0.39, 0.29) is 22.0 Å². The van der Waals surface area contributed by atoms with Crippen LogP contribution in [0.1, 0.15) is 10.4 Å². The number of amides is 2. The van der Waals surface area contributed by atoms with Crippen LogP contribution in [0.5, 0.6) is 23.0 Å². The molecule has 3 aromatic rings. The predicted octanol–water partition coefficient (Wildman–Crippen LogP) is 4.37. The zero-order valence-electron chi connectivity index (χ0n) is 19.5. The molecule has 0 atom stereocenters. The van der Waals surface area contributed by atoms with Gasteiger partial charge in [-0.1, -0.05) is 11.6 Å². The van der Waals surface area contributed by atoms with Crippen LogP contribution >= 0.6 is 11.6 Å². The smallest absolute Gasteiger partial charge is 0.343 e. The molecule has 3 aromatic carbocycles. The lowest BCUT2D eigenvalue weighted by Gasteiger charge is -2.19. The van der Waals surface area contributed by atoms with E-state index in [0.29, 0.717) is 28.7 Å². The van der Waals surface area contributed by atoms with Crippen LogP contribution in [0.15, 0.2) is 77.5 Å². The topological polar surface area (TPSA) is 103 Å². The Balaban J connectivity index is 1.50. The molecule has 0 fully saturated rings. The number of rotatable bonds is 8. The number of carbonyl (C=O) groups excluding carboxylic acids is 3. The molecule has 0 spiro atoms. The molecule has 9 nitrogen and oxygen atoms in total. The molecule has 1 N–H and O–H groups in total. The molecule has 0 saturated carbocycles. The lowest BCUT2D eigenvalue weighted by Crippen LogP contribution is -2.32. The van der Waals surface area contributed by atoms with Crippen LogP contribution in [0.4, 0.5) is 11.4 Å². The molecular weight excluding hydrogens is 488 g/mol. The van der Waals surface area contributed by atoms with Gasteiger partial charge in [0.2, 0.25) is 0 Å². The van der Waals surface area contributed by atoms with Crippen LogP contribution in [0.3, 0.4) is 0 Å². The van der Waals surface area contributed by atoms with Gasteiger partial charge in [-0.2, -0.15) is 0 Å². The summed E-state index contributed by atoms with van der Waals surface area (Å²) < 4.78 is 20.9. The number of ether oxygens (including phenoxy) is 4. The Bertz CT molecular complexity index is 1350. The predicted molar refractivity (Wildman–Crippen MR) is 133 cm³/mol. The molecule has 1 aliphatic rings. The van der Waals surface area contributed by atoms with Gasteiger partial charge in [0.05, 0.1) is 32.6 Å².